The molecular formula is C18H34N2O. The van der Waals surface area contributed by atoms with Crippen molar-refractivity contribution in [1.82, 2.24) is 10.2 Å². The van der Waals surface area contributed by atoms with Crippen LogP contribution in [-0.2, 0) is 4.74 Å². The smallest absolute Gasteiger partial charge is 0.0641 e. The molecule has 2 unspecified atom stereocenters. The Balaban J connectivity index is 1.77. The van der Waals surface area contributed by atoms with Crippen molar-refractivity contribution in [2.45, 2.75) is 89.4 Å². The molecule has 3 nitrogen and oxygen atoms in total. The minimum atomic E-state index is 0.0537. The summed E-state index contributed by atoms with van der Waals surface area (Å²) in [4.78, 5) is 2.87. The molecule has 21 heavy (non-hydrogen) atoms. The molecule has 3 rings (SSSR count). The maximum atomic E-state index is 5.96. The van der Waals surface area contributed by atoms with Gasteiger partial charge in [0.2, 0.25) is 0 Å². The molecule has 0 radical (unpaired) electrons. The van der Waals surface area contributed by atoms with Gasteiger partial charge in [0.15, 0.2) is 0 Å². The average molecular weight is 294 g/mol. The Morgan fingerprint density at radius 3 is 2.52 bits per heavy atom. The van der Waals surface area contributed by atoms with Crippen LogP contribution in [0.2, 0.25) is 0 Å². The maximum Gasteiger partial charge on any atom is 0.0641 e. The zero-order valence-corrected chi connectivity index (χ0v) is 14.5. The quantitative estimate of drug-likeness (QED) is 0.846. The molecular weight excluding hydrogens is 260 g/mol. The van der Waals surface area contributed by atoms with Crippen molar-refractivity contribution >= 4 is 0 Å². The van der Waals surface area contributed by atoms with E-state index in [2.05, 4.69) is 37.9 Å². The normalized spacial score (nSPS) is 36.4. The van der Waals surface area contributed by atoms with Crippen molar-refractivity contribution in [2.24, 2.45) is 5.92 Å². The summed E-state index contributed by atoms with van der Waals surface area (Å²) in [6.45, 7) is 12.7. The Bertz CT molecular complexity index is 360. The van der Waals surface area contributed by atoms with Crippen LogP contribution in [0.4, 0.5) is 0 Å². The van der Waals surface area contributed by atoms with Gasteiger partial charge in [-0.1, -0.05) is 26.7 Å². The lowest BCUT2D eigenvalue weighted by Gasteiger charge is -2.53. The van der Waals surface area contributed by atoms with Crippen molar-refractivity contribution in [3.05, 3.63) is 0 Å². The van der Waals surface area contributed by atoms with Crippen molar-refractivity contribution in [1.29, 1.82) is 0 Å². The van der Waals surface area contributed by atoms with Gasteiger partial charge in [-0.15, -0.1) is 0 Å². The van der Waals surface area contributed by atoms with E-state index in [4.69, 9.17) is 4.74 Å². The molecule has 1 saturated carbocycles. The van der Waals surface area contributed by atoms with Gasteiger partial charge in [0.05, 0.1) is 5.60 Å². The number of hydrogen-bond acceptors (Lipinski definition) is 3. The molecule has 0 aromatic carbocycles. The molecule has 3 aliphatic rings. The SMILES string of the molecule is CC(C)C1CNC2(CCCC2)CN1C1CCOC(C)(C)C1. The van der Waals surface area contributed by atoms with Crippen LogP contribution in [0.15, 0.2) is 0 Å². The third-order valence-corrected chi connectivity index (χ3v) is 6.07. The predicted octanol–water partition coefficient (Wildman–Crippen LogP) is 3.19. The van der Waals surface area contributed by atoms with Gasteiger partial charge in [-0.05, 0) is 45.4 Å². The van der Waals surface area contributed by atoms with E-state index in [0.29, 0.717) is 17.6 Å². The van der Waals surface area contributed by atoms with E-state index >= 15 is 0 Å². The van der Waals surface area contributed by atoms with E-state index in [-0.39, 0.29) is 5.60 Å². The van der Waals surface area contributed by atoms with Gasteiger partial charge in [0, 0.05) is 37.3 Å². The monoisotopic (exact) mass is 294 g/mol. The standard InChI is InChI=1S/C18H34N2O/c1-14(2)16-12-19-18(8-5-6-9-18)13-20(16)15-7-10-21-17(3,4)11-15/h14-16,19H,5-13H2,1-4H3. The van der Waals surface area contributed by atoms with Gasteiger partial charge in [0.1, 0.15) is 0 Å². The van der Waals surface area contributed by atoms with Gasteiger partial charge in [-0.2, -0.15) is 0 Å². The molecule has 2 atom stereocenters. The number of nitrogens with one attached hydrogen (secondary N) is 1. The minimum Gasteiger partial charge on any atom is -0.375 e. The van der Waals surface area contributed by atoms with Crippen molar-refractivity contribution in [3.63, 3.8) is 0 Å². The topological polar surface area (TPSA) is 24.5 Å². The molecule has 1 aliphatic carbocycles. The van der Waals surface area contributed by atoms with Gasteiger partial charge in [-0.3, -0.25) is 4.90 Å². The lowest BCUT2D eigenvalue weighted by molar-refractivity contribution is -0.102. The summed E-state index contributed by atoms with van der Waals surface area (Å²) < 4.78 is 5.96. The van der Waals surface area contributed by atoms with Gasteiger partial charge >= 0.3 is 0 Å². The summed E-state index contributed by atoms with van der Waals surface area (Å²) in [5, 5.41) is 3.94. The first-order valence-corrected chi connectivity index (χ1v) is 9.06. The Kier molecular flexibility index (Phi) is 4.37. The van der Waals surface area contributed by atoms with E-state index in [0.717, 1.165) is 12.5 Å². The molecule has 0 aromatic heterocycles. The van der Waals surface area contributed by atoms with Crippen LogP contribution in [0.1, 0.15) is 66.2 Å². The summed E-state index contributed by atoms with van der Waals surface area (Å²) in [6.07, 6.45) is 7.97. The Hall–Kier alpha value is -0.120. The van der Waals surface area contributed by atoms with Gasteiger partial charge < -0.3 is 10.1 Å². The van der Waals surface area contributed by atoms with Crippen LogP contribution in [0.25, 0.3) is 0 Å². The zero-order valence-electron chi connectivity index (χ0n) is 14.5. The summed E-state index contributed by atoms with van der Waals surface area (Å²) in [5.74, 6) is 0.724. The summed E-state index contributed by atoms with van der Waals surface area (Å²) in [7, 11) is 0. The van der Waals surface area contributed by atoms with Crippen molar-refractivity contribution in [2.75, 3.05) is 19.7 Å². The van der Waals surface area contributed by atoms with Crippen molar-refractivity contribution < 1.29 is 4.74 Å². The molecule has 0 aromatic rings. The molecule has 0 bridgehead atoms. The van der Waals surface area contributed by atoms with E-state index in [1.165, 1.54) is 51.6 Å². The maximum absolute atomic E-state index is 5.96. The van der Waals surface area contributed by atoms with Crippen LogP contribution < -0.4 is 5.32 Å². The van der Waals surface area contributed by atoms with Crippen LogP contribution in [0.5, 0.6) is 0 Å². The number of nitrogens with zero attached hydrogens (tertiary/aromatic N) is 1. The predicted molar refractivity (Wildman–Crippen MR) is 87.6 cm³/mol. The van der Waals surface area contributed by atoms with Crippen molar-refractivity contribution in [3.8, 4) is 0 Å². The minimum absolute atomic E-state index is 0.0537. The van der Waals surface area contributed by atoms with Gasteiger partial charge in [0.25, 0.3) is 0 Å². The second-order valence-electron chi connectivity index (χ2n) is 8.61. The van der Waals surface area contributed by atoms with Crippen LogP contribution in [0.3, 0.4) is 0 Å². The van der Waals surface area contributed by atoms with Crippen LogP contribution >= 0.6 is 0 Å². The van der Waals surface area contributed by atoms with Crippen LogP contribution in [0, 0.1) is 5.92 Å². The fraction of sp³-hybridized carbons (Fsp3) is 1.00. The molecule has 0 amide bonds. The summed E-state index contributed by atoms with van der Waals surface area (Å²) in [6, 6.07) is 1.40. The first kappa shape index (κ1) is 15.8. The highest BCUT2D eigenvalue weighted by Gasteiger charge is 2.45. The number of rotatable bonds is 2. The molecule has 1 N–H and O–H groups in total. The molecule has 3 heteroatoms. The third kappa shape index (κ3) is 3.30. The second kappa shape index (κ2) is 5.82. The van der Waals surface area contributed by atoms with E-state index in [9.17, 15) is 0 Å². The number of ether oxygens (including phenoxy) is 1. The van der Waals surface area contributed by atoms with E-state index < -0.39 is 0 Å². The average Bonchev–Trinajstić information content (AvgIpc) is 2.85. The zero-order chi connectivity index (χ0) is 15.1. The molecule has 122 valence electrons. The fourth-order valence-corrected chi connectivity index (χ4v) is 4.85. The highest BCUT2D eigenvalue weighted by molar-refractivity contribution is 5.04. The lowest BCUT2D eigenvalue weighted by Crippen LogP contribution is -2.67. The fourth-order valence-electron chi connectivity index (χ4n) is 4.85. The summed E-state index contributed by atoms with van der Waals surface area (Å²) >= 11 is 0. The highest BCUT2D eigenvalue weighted by Crippen LogP contribution is 2.38. The number of hydrogen-bond donors (Lipinski definition) is 1. The Labute approximate surface area is 130 Å². The van der Waals surface area contributed by atoms with Gasteiger partial charge in [-0.25, -0.2) is 0 Å². The highest BCUT2D eigenvalue weighted by atomic mass is 16.5. The first-order chi connectivity index (χ1) is 9.91. The second-order valence-corrected chi connectivity index (χ2v) is 8.61. The van der Waals surface area contributed by atoms with E-state index in [1.54, 1.807) is 0 Å². The first-order valence-electron chi connectivity index (χ1n) is 9.06. The molecule has 2 heterocycles. The molecule has 2 aliphatic heterocycles. The number of piperazine rings is 1. The molecule has 3 fully saturated rings. The molecule has 2 saturated heterocycles. The largest absolute Gasteiger partial charge is 0.375 e. The Morgan fingerprint density at radius 2 is 1.90 bits per heavy atom. The van der Waals surface area contributed by atoms with Crippen LogP contribution in [-0.4, -0.2) is 47.8 Å². The third-order valence-electron chi connectivity index (χ3n) is 6.07. The Morgan fingerprint density at radius 1 is 1.19 bits per heavy atom. The molecule has 1 spiro atoms. The lowest BCUT2D eigenvalue weighted by atomic mass is 9.84. The van der Waals surface area contributed by atoms with E-state index in [1.807, 2.05) is 0 Å². The summed E-state index contributed by atoms with van der Waals surface area (Å²) in [5.41, 5.74) is 0.478.